The molecule has 0 saturated carbocycles. The SMILES string of the molecule is Cc1cc(C)nc(SCc2cc(C(=O)NN)co2)n1. The van der Waals surface area contributed by atoms with E-state index in [4.69, 9.17) is 10.3 Å². The third-order valence-corrected chi connectivity index (χ3v) is 3.22. The number of rotatable bonds is 4. The second kappa shape index (κ2) is 5.85. The number of carbonyl (C=O) groups is 1. The normalized spacial score (nSPS) is 10.5. The van der Waals surface area contributed by atoms with Gasteiger partial charge in [0, 0.05) is 11.4 Å². The lowest BCUT2D eigenvalue weighted by atomic mass is 10.3. The first kappa shape index (κ1) is 13.6. The van der Waals surface area contributed by atoms with E-state index >= 15 is 0 Å². The first-order chi connectivity index (χ1) is 9.08. The molecule has 0 radical (unpaired) electrons. The standard InChI is InChI=1S/C12H14N4O2S/c1-7-3-8(2)15-12(14-7)19-6-10-4-9(5-18-10)11(17)16-13/h3-5H,6,13H2,1-2H3,(H,16,17). The van der Waals surface area contributed by atoms with Crippen molar-refractivity contribution in [1.29, 1.82) is 0 Å². The number of hydrogen-bond donors (Lipinski definition) is 2. The van der Waals surface area contributed by atoms with Crippen molar-refractivity contribution < 1.29 is 9.21 Å². The predicted molar refractivity (Wildman–Crippen MR) is 71.4 cm³/mol. The van der Waals surface area contributed by atoms with Gasteiger partial charge in [0.15, 0.2) is 5.16 Å². The van der Waals surface area contributed by atoms with Gasteiger partial charge in [-0.25, -0.2) is 15.8 Å². The average Bonchev–Trinajstić information content (AvgIpc) is 2.83. The number of amides is 1. The number of carbonyl (C=O) groups excluding carboxylic acids is 1. The van der Waals surface area contributed by atoms with Crippen molar-refractivity contribution in [2.45, 2.75) is 24.8 Å². The van der Waals surface area contributed by atoms with Crippen molar-refractivity contribution in [3.63, 3.8) is 0 Å². The van der Waals surface area contributed by atoms with Gasteiger partial charge in [-0.15, -0.1) is 0 Å². The van der Waals surface area contributed by atoms with E-state index < -0.39 is 0 Å². The third kappa shape index (κ3) is 3.55. The molecule has 0 aliphatic rings. The molecule has 0 aliphatic heterocycles. The molecular formula is C12H14N4O2S. The summed E-state index contributed by atoms with van der Waals surface area (Å²) in [6, 6.07) is 3.57. The van der Waals surface area contributed by atoms with E-state index in [0.29, 0.717) is 22.2 Å². The summed E-state index contributed by atoms with van der Waals surface area (Å²) < 4.78 is 5.28. The molecule has 19 heavy (non-hydrogen) atoms. The lowest BCUT2D eigenvalue weighted by Crippen LogP contribution is -2.29. The van der Waals surface area contributed by atoms with Gasteiger partial charge in [0.25, 0.3) is 5.91 Å². The number of nitrogens with two attached hydrogens (primary N) is 1. The first-order valence-electron chi connectivity index (χ1n) is 5.62. The van der Waals surface area contributed by atoms with Crippen molar-refractivity contribution in [3.05, 3.63) is 41.1 Å². The fraction of sp³-hybridized carbons (Fsp3) is 0.250. The van der Waals surface area contributed by atoms with Gasteiger partial charge in [-0.1, -0.05) is 11.8 Å². The molecule has 0 aliphatic carbocycles. The van der Waals surface area contributed by atoms with Gasteiger partial charge >= 0.3 is 0 Å². The quantitative estimate of drug-likeness (QED) is 0.290. The summed E-state index contributed by atoms with van der Waals surface area (Å²) in [6.07, 6.45) is 1.38. The lowest BCUT2D eigenvalue weighted by molar-refractivity contribution is 0.0953. The second-order valence-corrected chi connectivity index (χ2v) is 4.94. The van der Waals surface area contributed by atoms with Crippen LogP contribution in [0.15, 0.2) is 28.0 Å². The molecule has 7 heteroatoms. The van der Waals surface area contributed by atoms with E-state index in [1.54, 1.807) is 6.07 Å². The van der Waals surface area contributed by atoms with Crippen LogP contribution >= 0.6 is 11.8 Å². The van der Waals surface area contributed by atoms with Gasteiger partial charge in [0.05, 0.1) is 11.3 Å². The molecule has 0 fully saturated rings. The number of nitrogens with one attached hydrogen (secondary N) is 1. The maximum Gasteiger partial charge on any atom is 0.268 e. The minimum atomic E-state index is -0.373. The number of aromatic nitrogens is 2. The predicted octanol–water partition coefficient (Wildman–Crippen LogP) is 1.58. The van der Waals surface area contributed by atoms with Gasteiger partial charge in [-0.3, -0.25) is 10.2 Å². The molecule has 100 valence electrons. The van der Waals surface area contributed by atoms with Crippen molar-refractivity contribution in [2.75, 3.05) is 0 Å². The van der Waals surface area contributed by atoms with Crippen LogP contribution < -0.4 is 11.3 Å². The molecule has 3 N–H and O–H groups in total. The van der Waals surface area contributed by atoms with Gasteiger partial charge in [0.1, 0.15) is 12.0 Å². The minimum Gasteiger partial charge on any atom is -0.468 e. The Morgan fingerprint density at radius 1 is 1.37 bits per heavy atom. The van der Waals surface area contributed by atoms with E-state index in [0.717, 1.165) is 11.4 Å². The summed E-state index contributed by atoms with van der Waals surface area (Å²) >= 11 is 1.46. The monoisotopic (exact) mass is 278 g/mol. The Morgan fingerprint density at radius 3 is 2.68 bits per heavy atom. The fourth-order valence-electron chi connectivity index (χ4n) is 1.55. The highest BCUT2D eigenvalue weighted by Gasteiger charge is 2.09. The Hall–Kier alpha value is -1.86. The van der Waals surface area contributed by atoms with E-state index in [9.17, 15) is 4.79 Å². The number of hydrazine groups is 1. The van der Waals surface area contributed by atoms with Crippen LogP contribution in [0.1, 0.15) is 27.5 Å². The molecule has 1 amide bonds. The van der Waals surface area contributed by atoms with E-state index in [1.165, 1.54) is 18.0 Å². The number of nitrogen functional groups attached to an aromatic ring is 1. The molecule has 0 aromatic carbocycles. The minimum absolute atomic E-state index is 0.373. The maximum absolute atomic E-state index is 11.3. The number of nitrogens with zero attached hydrogens (tertiary/aromatic N) is 2. The average molecular weight is 278 g/mol. The molecule has 0 atom stereocenters. The molecular weight excluding hydrogens is 264 g/mol. The summed E-state index contributed by atoms with van der Waals surface area (Å²) in [6.45, 7) is 3.85. The number of furan rings is 1. The second-order valence-electron chi connectivity index (χ2n) is 4.00. The van der Waals surface area contributed by atoms with Gasteiger partial charge < -0.3 is 4.42 Å². The molecule has 0 bridgehead atoms. The molecule has 2 heterocycles. The molecule has 2 aromatic heterocycles. The number of thioether (sulfide) groups is 1. The lowest BCUT2D eigenvalue weighted by Gasteiger charge is -2.01. The van der Waals surface area contributed by atoms with E-state index in [2.05, 4.69) is 15.4 Å². The van der Waals surface area contributed by atoms with Crippen LogP contribution in [0.3, 0.4) is 0 Å². The van der Waals surface area contributed by atoms with Crippen LogP contribution in [0.2, 0.25) is 0 Å². The zero-order valence-electron chi connectivity index (χ0n) is 10.6. The topological polar surface area (TPSA) is 94.0 Å². The Bertz CT molecular complexity index is 577. The fourth-order valence-corrected chi connectivity index (χ4v) is 2.39. The zero-order chi connectivity index (χ0) is 13.8. The molecule has 0 unspecified atom stereocenters. The molecule has 0 spiro atoms. The maximum atomic E-state index is 11.3. The Morgan fingerprint density at radius 2 is 2.05 bits per heavy atom. The van der Waals surface area contributed by atoms with Crippen LogP contribution in [0.5, 0.6) is 0 Å². The highest BCUT2D eigenvalue weighted by atomic mass is 32.2. The van der Waals surface area contributed by atoms with Crippen molar-refractivity contribution >= 4 is 17.7 Å². The van der Waals surface area contributed by atoms with Gasteiger partial charge in [-0.05, 0) is 26.0 Å². The Labute approximate surface area is 114 Å². The van der Waals surface area contributed by atoms with E-state index in [-0.39, 0.29) is 5.91 Å². The summed E-state index contributed by atoms with van der Waals surface area (Å²) in [5.74, 6) is 5.90. The van der Waals surface area contributed by atoms with Crippen LogP contribution in [0, 0.1) is 13.8 Å². The Kier molecular flexibility index (Phi) is 4.18. The summed E-state index contributed by atoms with van der Waals surface area (Å²) in [5, 5.41) is 0.693. The van der Waals surface area contributed by atoms with Gasteiger partial charge in [0.2, 0.25) is 0 Å². The summed E-state index contributed by atoms with van der Waals surface area (Å²) in [7, 11) is 0. The van der Waals surface area contributed by atoms with Crippen LogP contribution in [-0.2, 0) is 5.75 Å². The van der Waals surface area contributed by atoms with Crippen molar-refractivity contribution in [1.82, 2.24) is 15.4 Å². The van der Waals surface area contributed by atoms with Crippen molar-refractivity contribution in [2.24, 2.45) is 5.84 Å². The highest BCUT2D eigenvalue weighted by Crippen LogP contribution is 2.21. The third-order valence-electron chi connectivity index (χ3n) is 2.35. The van der Waals surface area contributed by atoms with Crippen LogP contribution in [0.4, 0.5) is 0 Å². The molecule has 2 aromatic rings. The summed E-state index contributed by atoms with van der Waals surface area (Å²) in [5.41, 5.74) is 4.31. The highest BCUT2D eigenvalue weighted by molar-refractivity contribution is 7.98. The molecule has 0 saturated heterocycles. The van der Waals surface area contributed by atoms with Crippen molar-refractivity contribution in [3.8, 4) is 0 Å². The van der Waals surface area contributed by atoms with Gasteiger partial charge in [-0.2, -0.15) is 0 Å². The smallest absolute Gasteiger partial charge is 0.268 e. The van der Waals surface area contributed by atoms with Crippen LogP contribution in [0.25, 0.3) is 0 Å². The molecule has 6 nitrogen and oxygen atoms in total. The van der Waals surface area contributed by atoms with Crippen LogP contribution in [-0.4, -0.2) is 15.9 Å². The first-order valence-corrected chi connectivity index (χ1v) is 6.60. The Balaban J connectivity index is 2.02. The zero-order valence-corrected chi connectivity index (χ0v) is 11.5. The largest absolute Gasteiger partial charge is 0.468 e. The molecule has 2 rings (SSSR count). The number of hydrogen-bond acceptors (Lipinski definition) is 6. The van der Waals surface area contributed by atoms with E-state index in [1.807, 2.05) is 19.9 Å². The summed E-state index contributed by atoms with van der Waals surface area (Å²) in [4.78, 5) is 19.9. The number of aryl methyl sites for hydroxylation is 2.